The molecular weight excluding hydrogens is 288 g/mol. The summed E-state index contributed by atoms with van der Waals surface area (Å²) in [6, 6.07) is 0. The van der Waals surface area contributed by atoms with Crippen molar-refractivity contribution in [3.05, 3.63) is 0 Å². The third-order valence-electron chi connectivity index (χ3n) is 0. The van der Waals surface area contributed by atoms with Crippen molar-refractivity contribution in [1.82, 2.24) is 0 Å². The van der Waals surface area contributed by atoms with Crippen LogP contribution in [0.4, 0.5) is 0 Å². The summed E-state index contributed by atoms with van der Waals surface area (Å²) in [5.74, 6) is 0. The first-order valence-electron chi connectivity index (χ1n) is 1.02. The first-order chi connectivity index (χ1) is 1.41. The maximum Gasteiger partial charge on any atom is -0.147 e. The van der Waals surface area contributed by atoms with Gasteiger partial charge in [-0.25, -0.2) is 0 Å². The van der Waals surface area contributed by atoms with Gasteiger partial charge in [0, 0.05) is 0 Å². The van der Waals surface area contributed by atoms with E-state index in [0.717, 1.165) is 0 Å². The fourth-order valence-electron chi connectivity index (χ4n) is 0. The summed E-state index contributed by atoms with van der Waals surface area (Å²) in [6.07, 6.45) is 0. The zero-order chi connectivity index (χ0) is 2.71. The average molecular weight is 297 g/mol. The van der Waals surface area contributed by atoms with E-state index in [-0.39, 0.29) is 49.6 Å². The van der Waals surface area contributed by atoms with Gasteiger partial charge in [0.05, 0.1) is 0 Å². The molecule has 0 nitrogen and oxygen atoms in total. The van der Waals surface area contributed by atoms with Crippen LogP contribution in [0, 0.1) is 0 Å². The Balaban J connectivity index is -0.00000000333. The molecule has 0 aromatic carbocycles. The van der Waals surface area contributed by atoms with Crippen LogP contribution in [0.1, 0.15) is 6.92 Å². The molecule has 0 saturated carbocycles. The second-order valence-electron chi connectivity index (χ2n) is 0.316. The van der Waals surface area contributed by atoms with E-state index in [0.29, 0.717) is 0 Å². The van der Waals surface area contributed by atoms with Crippen LogP contribution in [0.2, 0.25) is 4.37 Å². The van der Waals surface area contributed by atoms with Crippen molar-refractivity contribution in [3.8, 4) is 0 Å². The molecule has 0 spiro atoms. The standard InChI is InChI=1S/C2H5.4ClH.Sb/c1-2;;;;;/h1H2,2H3;4*1H;. The van der Waals surface area contributed by atoms with Crippen LogP contribution in [-0.2, 0) is 0 Å². The molecule has 0 rings (SSSR count). The van der Waals surface area contributed by atoms with Crippen molar-refractivity contribution < 1.29 is 0 Å². The van der Waals surface area contributed by atoms with Crippen LogP contribution < -0.4 is 0 Å². The minimum absolute atomic E-state index is 0. The van der Waals surface area contributed by atoms with Gasteiger partial charge in [-0.3, -0.25) is 0 Å². The second-order valence-corrected chi connectivity index (χ2v) is 2.12. The fourth-order valence-corrected chi connectivity index (χ4v) is 0. The van der Waals surface area contributed by atoms with Gasteiger partial charge in [-0.15, -0.1) is 49.6 Å². The molecule has 0 aromatic rings. The number of hydrogen-bond donors (Lipinski definition) is 0. The van der Waals surface area contributed by atoms with E-state index in [4.69, 9.17) is 0 Å². The maximum atomic E-state index is 2.15. The topological polar surface area (TPSA) is 0 Å². The monoisotopic (exact) mass is 294 g/mol. The summed E-state index contributed by atoms with van der Waals surface area (Å²) < 4.78 is 1.30. The summed E-state index contributed by atoms with van der Waals surface area (Å²) in [6.45, 7) is 2.15. The van der Waals surface area contributed by atoms with Crippen molar-refractivity contribution in [3.63, 3.8) is 0 Å². The third-order valence-corrected chi connectivity index (χ3v) is 0. The first-order valence-corrected chi connectivity index (χ1v) is 2.83. The van der Waals surface area contributed by atoms with Crippen LogP contribution in [0.3, 0.4) is 0 Å². The Bertz CT molecular complexity index is 9.65. The molecule has 0 aliphatic carbocycles. The molecule has 0 saturated heterocycles. The van der Waals surface area contributed by atoms with Gasteiger partial charge >= 0.3 is 34.3 Å². The molecule has 0 aliphatic heterocycles. The van der Waals surface area contributed by atoms with E-state index in [2.05, 4.69) is 6.92 Å². The predicted molar refractivity (Wildman–Crippen MR) is 45.2 cm³/mol. The van der Waals surface area contributed by atoms with Gasteiger partial charge in [0.25, 0.3) is 0 Å². The van der Waals surface area contributed by atoms with Gasteiger partial charge < -0.3 is 0 Å². The Kier molecular flexibility index (Phi) is 226. The summed E-state index contributed by atoms with van der Waals surface area (Å²) in [5.41, 5.74) is 0. The van der Waals surface area contributed by atoms with Crippen LogP contribution in [0.5, 0.6) is 0 Å². The molecular formula is C2H9Cl4Sb. The van der Waals surface area contributed by atoms with E-state index >= 15 is 0 Å². The molecule has 0 N–H and O–H groups in total. The van der Waals surface area contributed by atoms with E-state index < -0.39 is 0 Å². The third kappa shape index (κ3) is 72.9. The summed E-state index contributed by atoms with van der Waals surface area (Å²) in [7, 11) is 0. The normalized spacial score (nSPS) is 2.57. The van der Waals surface area contributed by atoms with E-state index in [1.807, 2.05) is 23.0 Å². The van der Waals surface area contributed by atoms with Crippen LogP contribution in [0.15, 0.2) is 0 Å². The largest absolute Gasteiger partial charge is 0.147 e. The van der Waals surface area contributed by atoms with Gasteiger partial charge in [-0.05, 0) is 0 Å². The Morgan fingerprint density at radius 1 is 1.00 bits per heavy atom. The van der Waals surface area contributed by atoms with Crippen molar-refractivity contribution in [2.75, 3.05) is 0 Å². The van der Waals surface area contributed by atoms with E-state index in [1.54, 1.807) is 0 Å². The summed E-state index contributed by atoms with van der Waals surface area (Å²) in [5, 5.41) is 0. The quantitative estimate of drug-likeness (QED) is 0.602. The van der Waals surface area contributed by atoms with Crippen molar-refractivity contribution in [2.45, 2.75) is 11.3 Å². The average Bonchev–Trinajstić information content (AvgIpc) is 0.918. The smallest absolute Gasteiger partial charge is 0.147 e. The van der Waals surface area contributed by atoms with Crippen LogP contribution in [0.25, 0.3) is 0 Å². The molecule has 50 valence electrons. The molecule has 0 heterocycles. The van der Waals surface area contributed by atoms with Gasteiger partial charge in [0.2, 0.25) is 0 Å². The van der Waals surface area contributed by atoms with E-state index in [9.17, 15) is 0 Å². The molecule has 2 radical (unpaired) electrons. The van der Waals surface area contributed by atoms with Crippen molar-refractivity contribution >= 4 is 72.7 Å². The zero-order valence-electron chi connectivity index (χ0n) is 3.79. The zero-order valence-corrected chi connectivity index (χ0v) is 9.61. The molecule has 7 heavy (non-hydrogen) atoms. The Morgan fingerprint density at radius 2 is 1.00 bits per heavy atom. The Hall–Kier alpha value is 1.98. The van der Waals surface area contributed by atoms with Crippen molar-refractivity contribution in [1.29, 1.82) is 0 Å². The fraction of sp³-hybridized carbons (Fsp3) is 1.00. The molecule has 5 heteroatoms. The molecule has 0 aliphatic rings. The van der Waals surface area contributed by atoms with E-state index in [1.165, 1.54) is 4.37 Å². The predicted octanol–water partition coefficient (Wildman–Crippen LogP) is 2.28. The van der Waals surface area contributed by atoms with Gasteiger partial charge in [-0.1, -0.05) is 0 Å². The molecule has 0 aromatic heterocycles. The van der Waals surface area contributed by atoms with Crippen LogP contribution in [-0.4, -0.2) is 23.0 Å². The van der Waals surface area contributed by atoms with Crippen molar-refractivity contribution in [2.24, 2.45) is 0 Å². The molecule has 0 bridgehead atoms. The number of halogens is 4. The van der Waals surface area contributed by atoms with Gasteiger partial charge in [0.1, 0.15) is 0 Å². The summed E-state index contributed by atoms with van der Waals surface area (Å²) in [4.78, 5) is 0. The first kappa shape index (κ1) is 36.1. The number of rotatable bonds is 0. The molecule has 0 atom stereocenters. The Morgan fingerprint density at radius 3 is 1.00 bits per heavy atom. The minimum Gasteiger partial charge on any atom is -0.147 e. The second kappa shape index (κ2) is 43.8. The van der Waals surface area contributed by atoms with Gasteiger partial charge in [-0.2, -0.15) is 0 Å². The molecule has 0 amide bonds. The minimum atomic E-state index is 0. The summed E-state index contributed by atoms with van der Waals surface area (Å²) >= 11 is 1.85. The number of hydrogen-bond acceptors (Lipinski definition) is 0. The van der Waals surface area contributed by atoms with Gasteiger partial charge in [0.15, 0.2) is 0 Å². The maximum absolute atomic E-state index is 2.15. The molecule has 0 unspecified atom stereocenters. The van der Waals surface area contributed by atoms with Crippen LogP contribution >= 0.6 is 49.6 Å². The SMILES string of the molecule is C[CH2][Sb].Cl.Cl.Cl.Cl. The molecule has 0 fully saturated rings. The Labute approximate surface area is 83.3 Å².